The van der Waals surface area contributed by atoms with Crippen molar-refractivity contribution in [2.24, 2.45) is 5.92 Å². The third kappa shape index (κ3) is 4.81. The minimum Gasteiger partial charge on any atom is -0.494 e. The number of hydrogen-bond donors (Lipinski definition) is 0. The second-order valence-electron chi connectivity index (χ2n) is 7.90. The zero-order chi connectivity index (χ0) is 20.8. The number of ether oxygens (including phenoxy) is 2. The number of rotatable bonds is 9. The van der Waals surface area contributed by atoms with Gasteiger partial charge in [0, 0.05) is 33.4 Å². The van der Waals surface area contributed by atoms with Crippen molar-refractivity contribution in [1.82, 2.24) is 9.80 Å². The summed E-state index contributed by atoms with van der Waals surface area (Å²) < 4.78 is 10.8. The molecule has 158 valence electrons. The van der Waals surface area contributed by atoms with Crippen molar-refractivity contribution in [3.8, 4) is 5.75 Å². The van der Waals surface area contributed by atoms with E-state index in [0.29, 0.717) is 43.4 Å². The fraction of sp³-hybridized carbons (Fsp3) is 0.565. The molecule has 1 fully saturated rings. The van der Waals surface area contributed by atoms with Crippen molar-refractivity contribution in [2.45, 2.75) is 39.5 Å². The minimum atomic E-state index is -0.207. The Morgan fingerprint density at radius 3 is 2.52 bits per heavy atom. The van der Waals surface area contributed by atoms with Gasteiger partial charge in [0.05, 0.1) is 12.2 Å². The summed E-state index contributed by atoms with van der Waals surface area (Å²) in [5.74, 6) is 0.897. The van der Waals surface area contributed by atoms with Crippen LogP contribution in [0.25, 0.3) is 5.57 Å². The van der Waals surface area contributed by atoms with E-state index in [2.05, 4.69) is 18.7 Å². The van der Waals surface area contributed by atoms with Crippen molar-refractivity contribution in [3.05, 3.63) is 35.5 Å². The summed E-state index contributed by atoms with van der Waals surface area (Å²) in [4.78, 5) is 30.0. The standard InChI is InChI=1S/C23H32N2O4/c1-4-14-29-19-10-8-18(9-11-19)20-21(24-12-5-7-17(2)16-24)23(27)25(22(20)26)13-6-15-28-3/h8-11,17H,4-7,12-16H2,1-3H3. The van der Waals surface area contributed by atoms with Crippen LogP contribution < -0.4 is 4.74 Å². The molecule has 2 heterocycles. The van der Waals surface area contributed by atoms with Gasteiger partial charge in [-0.05, 0) is 49.3 Å². The summed E-state index contributed by atoms with van der Waals surface area (Å²) in [6, 6.07) is 7.52. The largest absolute Gasteiger partial charge is 0.494 e. The molecule has 6 heteroatoms. The van der Waals surface area contributed by atoms with Crippen LogP contribution >= 0.6 is 0 Å². The number of nitrogens with zero attached hydrogens (tertiary/aromatic N) is 2. The van der Waals surface area contributed by atoms with Crippen LogP contribution in [0.5, 0.6) is 5.75 Å². The third-order valence-corrected chi connectivity index (χ3v) is 5.46. The Kier molecular flexibility index (Phi) is 7.31. The third-order valence-electron chi connectivity index (χ3n) is 5.46. The number of methoxy groups -OCH3 is 1. The molecule has 2 aliphatic rings. The molecule has 29 heavy (non-hydrogen) atoms. The molecule has 2 aliphatic heterocycles. The molecule has 0 aromatic heterocycles. The Bertz CT molecular complexity index is 757. The van der Waals surface area contributed by atoms with Gasteiger partial charge in [-0.3, -0.25) is 14.5 Å². The molecule has 6 nitrogen and oxygen atoms in total. The van der Waals surface area contributed by atoms with Crippen molar-refractivity contribution in [3.63, 3.8) is 0 Å². The van der Waals surface area contributed by atoms with E-state index in [4.69, 9.17) is 9.47 Å². The summed E-state index contributed by atoms with van der Waals surface area (Å²) in [6.07, 6.45) is 3.76. The van der Waals surface area contributed by atoms with Gasteiger partial charge in [-0.15, -0.1) is 0 Å². The lowest BCUT2D eigenvalue weighted by molar-refractivity contribution is -0.137. The molecule has 0 saturated carbocycles. The molecule has 1 atom stereocenters. The van der Waals surface area contributed by atoms with Gasteiger partial charge in [-0.2, -0.15) is 0 Å². The number of carbonyl (C=O) groups excluding carboxylic acids is 2. The highest BCUT2D eigenvalue weighted by molar-refractivity contribution is 6.35. The van der Waals surface area contributed by atoms with Crippen molar-refractivity contribution < 1.29 is 19.1 Å². The number of benzene rings is 1. The van der Waals surface area contributed by atoms with Crippen LogP contribution in [-0.4, -0.2) is 61.6 Å². The first kappa shape index (κ1) is 21.4. The van der Waals surface area contributed by atoms with Gasteiger partial charge in [0.15, 0.2) is 0 Å². The van der Waals surface area contributed by atoms with E-state index in [-0.39, 0.29) is 11.8 Å². The van der Waals surface area contributed by atoms with Gasteiger partial charge in [-0.25, -0.2) is 0 Å². The quantitative estimate of drug-likeness (QED) is 0.470. The molecule has 0 radical (unpaired) electrons. The molecule has 0 bridgehead atoms. The zero-order valence-electron chi connectivity index (χ0n) is 17.8. The van der Waals surface area contributed by atoms with Gasteiger partial charge in [0.25, 0.3) is 11.8 Å². The Labute approximate surface area is 173 Å². The zero-order valence-corrected chi connectivity index (χ0v) is 17.8. The molecular formula is C23H32N2O4. The van der Waals surface area contributed by atoms with Crippen LogP contribution in [0.3, 0.4) is 0 Å². The van der Waals surface area contributed by atoms with Gasteiger partial charge >= 0.3 is 0 Å². The van der Waals surface area contributed by atoms with E-state index in [1.807, 2.05) is 24.3 Å². The minimum absolute atomic E-state index is 0.179. The molecule has 2 amide bonds. The van der Waals surface area contributed by atoms with Crippen LogP contribution in [0.1, 0.15) is 45.1 Å². The second-order valence-corrected chi connectivity index (χ2v) is 7.90. The summed E-state index contributed by atoms with van der Waals surface area (Å²) >= 11 is 0. The molecular weight excluding hydrogens is 368 g/mol. The van der Waals surface area contributed by atoms with E-state index in [9.17, 15) is 9.59 Å². The maximum Gasteiger partial charge on any atom is 0.277 e. The van der Waals surface area contributed by atoms with Crippen LogP contribution in [0.2, 0.25) is 0 Å². The average Bonchev–Trinajstić information content (AvgIpc) is 2.97. The smallest absolute Gasteiger partial charge is 0.277 e. The van der Waals surface area contributed by atoms with E-state index < -0.39 is 0 Å². The van der Waals surface area contributed by atoms with Crippen LogP contribution in [-0.2, 0) is 14.3 Å². The fourth-order valence-corrected chi connectivity index (χ4v) is 4.02. The van der Waals surface area contributed by atoms with Gasteiger partial charge in [0.2, 0.25) is 0 Å². The highest BCUT2D eigenvalue weighted by atomic mass is 16.5. The Morgan fingerprint density at radius 1 is 1.10 bits per heavy atom. The van der Waals surface area contributed by atoms with Gasteiger partial charge in [0.1, 0.15) is 11.4 Å². The van der Waals surface area contributed by atoms with E-state index >= 15 is 0 Å². The second kappa shape index (κ2) is 9.92. The Morgan fingerprint density at radius 2 is 1.86 bits per heavy atom. The predicted octanol–water partition coefficient (Wildman–Crippen LogP) is 3.32. The highest BCUT2D eigenvalue weighted by Crippen LogP contribution is 2.34. The number of amides is 2. The number of hydrogen-bond acceptors (Lipinski definition) is 5. The normalized spacial score (nSPS) is 20.0. The lowest BCUT2D eigenvalue weighted by Gasteiger charge is -2.33. The molecule has 1 unspecified atom stereocenters. The van der Waals surface area contributed by atoms with E-state index in [0.717, 1.165) is 43.7 Å². The number of piperidine rings is 1. The molecule has 0 aliphatic carbocycles. The van der Waals surface area contributed by atoms with Gasteiger partial charge in [-0.1, -0.05) is 26.0 Å². The highest BCUT2D eigenvalue weighted by Gasteiger charge is 2.41. The van der Waals surface area contributed by atoms with Crippen molar-refractivity contribution in [2.75, 3.05) is 40.0 Å². The van der Waals surface area contributed by atoms with Crippen LogP contribution in [0.15, 0.2) is 30.0 Å². The Hall–Kier alpha value is -2.34. The number of likely N-dealkylation sites (tertiary alicyclic amines) is 1. The van der Waals surface area contributed by atoms with Crippen LogP contribution in [0, 0.1) is 5.92 Å². The van der Waals surface area contributed by atoms with E-state index in [1.54, 1.807) is 7.11 Å². The van der Waals surface area contributed by atoms with Crippen molar-refractivity contribution in [1.29, 1.82) is 0 Å². The monoisotopic (exact) mass is 400 g/mol. The molecule has 1 aromatic rings. The fourth-order valence-electron chi connectivity index (χ4n) is 4.02. The average molecular weight is 401 g/mol. The molecule has 1 saturated heterocycles. The Balaban J connectivity index is 1.92. The summed E-state index contributed by atoms with van der Waals surface area (Å²) in [5, 5.41) is 0. The van der Waals surface area contributed by atoms with Crippen LogP contribution in [0.4, 0.5) is 0 Å². The molecule has 0 N–H and O–H groups in total. The molecule has 1 aromatic carbocycles. The first-order valence-electron chi connectivity index (χ1n) is 10.6. The maximum absolute atomic E-state index is 13.3. The molecule has 3 rings (SSSR count). The van der Waals surface area contributed by atoms with E-state index in [1.165, 1.54) is 4.90 Å². The number of imide groups is 1. The molecule has 0 spiro atoms. The number of carbonyl (C=O) groups is 2. The summed E-state index contributed by atoms with van der Waals surface area (Å²) in [6.45, 7) is 7.43. The summed E-state index contributed by atoms with van der Waals surface area (Å²) in [7, 11) is 1.63. The first-order valence-corrected chi connectivity index (χ1v) is 10.6. The topological polar surface area (TPSA) is 59.1 Å². The maximum atomic E-state index is 13.3. The predicted molar refractivity (Wildman–Crippen MR) is 112 cm³/mol. The van der Waals surface area contributed by atoms with Gasteiger partial charge < -0.3 is 14.4 Å². The first-order chi connectivity index (χ1) is 14.1. The lowest BCUT2D eigenvalue weighted by Crippen LogP contribution is -2.39. The summed E-state index contributed by atoms with van der Waals surface area (Å²) in [5.41, 5.74) is 1.85. The van der Waals surface area contributed by atoms with Crippen molar-refractivity contribution >= 4 is 17.4 Å². The SMILES string of the molecule is CCCOc1ccc(C2=C(N3CCCC(C)C3)C(=O)N(CCCOC)C2=O)cc1. The lowest BCUT2D eigenvalue weighted by atomic mass is 9.97.